The zero-order chi connectivity index (χ0) is 14.2. The first-order chi connectivity index (χ1) is 8.80. The van der Waals surface area contributed by atoms with Crippen molar-refractivity contribution in [2.45, 2.75) is 13.1 Å². The van der Waals surface area contributed by atoms with Crippen LogP contribution in [0.25, 0.3) is 11.4 Å². The third-order valence-corrected chi connectivity index (χ3v) is 2.41. The summed E-state index contributed by atoms with van der Waals surface area (Å²) in [6.07, 6.45) is -3.83. The second-order valence-electron chi connectivity index (χ2n) is 3.80. The number of alkyl halides is 3. The van der Waals surface area contributed by atoms with Crippen LogP contribution < -0.4 is 0 Å². The van der Waals surface area contributed by atoms with E-state index in [0.29, 0.717) is 11.8 Å². The van der Waals surface area contributed by atoms with Gasteiger partial charge in [-0.25, -0.2) is 18.7 Å². The smallest absolute Gasteiger partial charge is 0.236 e. The molecule has 0 atom stereocenters. The van der Waals surface area contributed by atoms with Crippen molar-refractivity contribution in [3.63, 3.8) is 0 Å². The Labute approximate surface area is 104 Å². The highest BCUT2D eigenvalue weighted by Crippen LogP contribution is 2.36. The first-order valence-corrected chi connectivity index (χ1v) is 5.16. The van der Waals surface area contributed by atoms with E-state index in [9.17, 15) is 22.0 Å². The molecule has 0 saturated carbocycles. The van der Waals surface area contributed by atoms with Crippen LogP contribution in [0.3, 0.4) is 0 Å². The molecule has 0 spiro atoms. The molecule has 0 fully saturated rings. The Morgan fingerprint density at radius 2 is 1.74 bits per heavy atom. The molecule has 7 heteroatoms. The normalized spacial score (nSPS) is 11.7. The Bertz CT molecular complexity index is 622. The first-order valence-electron chi connectivity index (χ1n) is 5.16. The van der Waals surface area contributed by atoms with Crippen molar-refractivity contribution in [3.05, 3.63) is 47.3 Å². The van der Waals surface area contributed by atoms with Crippen molar-refractivity contribution in [2.75, 3.05) is 0 Å². The highest BCUT2D eigenvalue weighted by Gasteiger charge is 2.39. The summed E-state index contributed by atoms with van der Waals surface area (Å²) in [5.41, 5.74) is -1.96. The number of hydrogen-bond donors (Lipinski definition) is 0. The number of aryl methyl sites for hydroxylation is 1. The van der Waals surface area contributed by atoms with Crippen LogP contribution >= 0.6 is 0 Å². The number of benzene rings is 1. The molecule has 0 amide bonds. The van der Waals surface area contributed by atoms with E-state index in [1.807, 2.05) is 0 Å². The molecule has 0 aliphatic carbocycles. The van der Waals surface area contributed by atoms with Crippen LogP contribution in [0.2, 0.25) is 0 Å². The molecule has 0 N–H and O–H groups in total. The largest absolute Gasteiger partial charge is 0.422 e. The predicted molar refractivity (Wildman–Crippen MR) is 57.1 cm³/mol. The van der Waals surface area contributed by atoms with Crippen molar-refractivity contribution in [3.8, 4) is 11.4 Å². The number of aromatic nitrogens is 2. The van der Waals surface area contributed by atoms with Crippen molar-refractivity contribution >= 4 is 0 Å². The number of rotatable bonds is 1. The predicted octanol–water partition coefficient (Wildman–Crippen LogP) is 3.75. The fourth-order valence-electron chi connectivity index (χ4n) is 1.56. The maximum atomic E-state index is 13.8. The second-order valence-corrected chi connectivity index (χ2v) is 3.80. The van der Waals surface area contributed by atoms with Crippen LogP contribution in [-0.4, -0.2) is 9.97 Å². The SMILES string of the molecule is Cc1ccnc(-c2ccc(F)c(C(F)(F)F)c2F)n1. The standard InChI is InChI=1S/C12H7F5N2/c1-6-4-5-18-11(19-6)7-2-3-8(13)9(10(7)14)12(15,16)17/h2-5H,1H3. The van der Waals surface area contributed by atoms with Crippen LogP contribution in [0.4, 0.5) is 22.0 Å². The Hall–Kier alpha value is -2.05. The average molecular weight is 274 g/mol. The second kappa shape index (κ2) is 4.56. The fourth-order valence-corrected chi connectivity index (χ4v) is 1.56. The lowest BCUT2D eigenvalue weighted by atomic mass is 10.1. The van der Waals surface area contributed by atoms with Gasteiger partial charge in [-0.15, -0.1) is 0 Å². The maximum absolute atomic E-state index is 13.8. The van der Waals surface area contributed by atoms with E-state index in [0.717, 1.165) is 6.07 Å². The van der Waals surface area contributed by atoms with Crippen molar-refractivity contribution in [2.24, 2.45) is 0 Å². The van der Waals surface area contributed by atoms with Gasteiger partial charge >= 0.3 is 6.18 Å². The van der Waals surface area contributed by atoms with Crippen LogP contribution in [0.5, 0.6) is 0 Å². The minimum atomic E-state index is -5.12. The van der Waals surface area contributed by atoms with E-state index in [4.69, 9.17) is 0 Å². The average Bonchev–Trinajstić information content (AvgIpc) is 2.27. The van der Waals surface area contributed by atoms with Gasteiger partial charge in [-0.3, -0.25) is 0 Å². The zero-order valence-electron chi connectivity index (χ0n) is 9.59. The lowest BCUT2D eigenvalue weighted by Crippen LogP contribution is -2.12. The number of halogens is 5. The Kier molecular flexibility index (Phi) is 3.21. The summed E-state index contributed by atoms with van der Waals surface area (Å²) in [6, 6.07) is 2.94. The molecule has 0 saturated heterocycles. The molecular weight excluding hydrogens is 267 g/mol. The van der Waals surface area contributed by atoms with Crippen molar-refractivity contribution in [1.82, 2.24) is 9.97 Å². The molecule has 2 rings (SSSR count). The first kappa shape index (κ1) is 13.4. The molecule has 0 radical (unpaired) electrons. The zero-order valence-corrected chi connectivity index (χ0v) is 9.59. The molecule has 2 aromatic rings. The molecular formula is C12H7F5N2. The highest BCUT2D eigenvalue weighted by atomic mass is 19.4. The lowest BCUT2D eigenvalue weighted by molar-refractivity contribution is -0.142. The summed E-state index contributed by atoms with van der Waals surface area (Å²) in [5, 5.41) is 0. The molecule has 1 aromatic heterocycles. The van der Waals surface area contributed by atoms with E-state index >= 15 is 0 Å². The lowest BCUT2D eigenvalue weighted by Gasteiger charge is -2.11. The van der Waals surface area contributed by atoms with Gasteiger partial charge in [0.05, 0.1) is 5.56 Å². The fraction of sp³-hybridized carbons (Fsp3) is 0.167. The molecule has 0 unspecified atom stereocenters. The van der Waals surface area contributed by atoms with Crippen LogP contribution in [0, 0.1) is 18.6 Å². The summed E-state index contributed by atoms with van der Waals surface area (Å²) in [5.74, 6) is -3.59. The number of hydrogen-bond acceptors (Lipinski definition) is 2. The van der Waals surface area contributed by atoms with Gasteiger partial charge in [0.1, 0.15) is 17.2 Å². The molecule has 100 valence electrons. The van der Waals surface area contributed by atoms with Gasteiger partial charge in [-0.2, -0.15) is 13.2 Å². The summed E-state index contributed by atoms with van der Waals surface area (Å²) in [6.45, 7) is 1.58. The number of nitrogens with zero attached hydrogens (tertiary/aromatic N) is 2. The Morgan fingerprint density at radius 1 is 1.05 bits per heavy atom. The van der Waals surface area contributed by atoms with E-state index in [-0.39, 0.29) is 5.82 Å². The van der Waals surface area contributed by atoms with Gasteiger partial charge in [0.2, 0.25) is 0 Å². The third kappa shape index (κ3) is 2.54. The summed E-state index contributed by atoms with van der Waals surface area (Å²) in [4.78, 5) is 7.50. The van der Waals surface area contributed by atoms with Gasteiger partial charge in [0, 0.05) is 11.9 Å². The van der Waals surface area contributed by atoms with E-state index in [1.54, 1.807) is 6.92 Å². The van der Waals surface area contributed by atoms with Crippen molar-refractivity contribution in [1.29, 1.82) is 0 Å². The monoisotopic (exact) mass is 274 g/mol. The van der Waals surface area contributed by atoms with Crippen LogP contribution in [0.1, 0.15) is 11.3 Å². The van der Waals surface area contributed by atoms with E-state index in [1.165, 1.54) is 12.3 Å². The molecule has 0 bridgehead atoms. The van der Waals surface area contributed by atoms with Crippen LogP contribution in [-0.2, 0) is 6.18 Å². The van der Waals surface area contributed by atoms with Gasteiger partial charge in [0.25, 0.3) is 0 Å². The maximum Gasteiger partial charge on any atom is 0.422 e. The van der Waals surface area contributed by atoms with Crippen LogP contribution in [0.15, 0.2) is 24.4 Å². The molecule has 1 heterocycles. The Balaban J connectivity index is 2.67. The summed E-state index contributed by atoms with van der Waals surface area (Å²) >= 11 is 0. The molecule has 0 aliphatic rings. The quantitative estimate of drug-likeness (QED) is 0.740. The van der Waals surface area contributed by atoms with Gasteiger partial charge in [0.15, 0.2) is 5.82 Å². The summed E-state index contributed by atoms with van der Waals surface area (Å²) < 4.78 is 64.6. The summed E-state index contributed by atoms with van der Waals surface area (Å²) in [7, 11) is 0. The van der Waals surface area contributed by atoms with Gasteiger partial charge < -0.3 is 0 Å². The van der Waals surface area contributed by atoms with Crippen molar-refractivity contribution < 1.29 is 22.0 Å². The molecule has 1 aromatic carbocycles. The highest BCUT2D eigenvalue weighted by molar-refractivity contribution is 5.58. The third-order valence-electron chi connectivity index (χ3n) is 2.41. The van der Waals surface area contributed by atoms with E-state index in [2.05, 4.69) is 9.97 Å². The Morgan fingerprint density at radius 3 is 2.32 bits per heavy atom. The van der Waals surface area contributed by atoms with Gasteiger partial charge in [-0.05, 0) is 25.1 Å². The molecule has 19 heavy (non-hydrogen) atoms. The molecule has 2 nitrogen and oxygen atoms in total. The topological polar surface area (TPSA) is 25.8 Å². The minimum absolute atomic E-state index is 0.219. The van der Waals surface area contributed by atoms with E-state index < -0.39 is 28.9 Å². The minimum Gasteiger partial charge on any atom is -0.236 e. The molecule has 0 aliphatic heterocycles. The van der Waals surface area contributed by atoms with Gasteiger partial charge in [-0.1, -0.05) is 0 Å².